The number of hydrogen-bond donors (Lipinski definition) is 6. The number of amides is 4. The summed E-state index contributed by atoms with van der Waals surface area (Å²) in [5.74, 6) is -4.18. The molecular weight excluding hydrogens is 430 g/mol. The van der Waals surface area contributed by atoms with E-state index in [9.17, 15) is 29.1 Å². The van der Waals surface area contributed by atoms with Crippen molar-refractivity contribution in [2.75, 3.05) is 0 Å². The van der Waals surface area contributed by atoms with Crippen molar-refractivity contribution in [1.29, 1.82) is 0 Å². The first-order valence-electron chi connectivity index (χ1n) is 11.4. The molecule has 0 aromatic carbocycles. The van der Waals surface area contributed by atoms with Crippen LogP contribution >= 0.6 is 0 Å². The maximum atomic E-state index is 13.1. The van der Waals surface area contributed by atoms with Crippen LogP contribution in [0, 0.1) is 17.8 Å². The highest BCUT2D eigenvalue weighted by Crippen LogP contribution is 2.12. The molecule has 11 heteroatoms. The van der Waals surface area contributed by atoms with E-state index in [1.54, 1.807) is 6.92 Å². The molecule has 0 radical (unpaired) electrons. The molecule has 0 saturated heterocycles. The van der Waals surface area contributed by atoms with Crippen molar-refractivity contribution in [2.24, 2.45) is 29.2 Å². The Hall–Kier alpha value is -2.69. The van der Waals surface area contributed by atoms with Gasteiger partial charge < -0.3 is 32.5 Å². The number of nitrogens with two attached hydrogens (primary N) is 2. The van der Waals surface area contributed by atoms with Crippen LogP contribution in [0.3, 0.4) is 0 Å². The second kappa shape index (κ2) is 14.5. The predicted octanol–water partition coefficient (Wildman–Crippen LogP) is -0.134. The fourth-order valence-corrected chi connectivity index (χ4v) is 3.22. The van der Waals surface area contributed by atoms with Gasteiger partial charge in [-0.15, -0.1) is 0 Å². The molecule has 5 unspecified atom stereocenters. The van der Waals surface area contributed by atoms with Crippen molar-refractivity contribution >= 4 is 29.6 Å². The summed E-state index contributed by atoms with van der Waals surface area (Å²) in [5, 5.41) is 16.8. The zero-order valence-electron chi connectivity index (χ0n) is 20.5. The van der Waals surface area contributed by atoms with Crippen molar-refractivity contribution in [2.45, 2.75) is 91.4 Å². The normalized spacial score (nSPS) is 15.8. The van der Waals surface area contributed by atoms with Crippen LogP contribution in [-0.4, -0.2) is 58.9 Å². The maximum Gasteiger partial charge on any atom is 0.326 e. The van der Waals surface area contributed by atoms with E-state index in [0.717, 1.165) is 0 Å². The van der Waals surface area contributed by atoms with Crippen LogP contribution in [0.15, 0.2) is 0 Å². The molecule has 33 heavy (non-hydrogen) atoms. The summed E-state index contributed by atoms with van der Waals surface area (Å²) in [6, 6.07) is -4.28. The van der Waals surface area contributed by atoms with Crippen LogP contribution in [-0.2, 0) is 24.0 Å². The number of primary amides is 1. The molecule has 0 aliphatic heterocycles. The highest BCUT2D eigenvalue weighted by atomic mass is 16.4. The Morgan fingerprint density at radius 1 is 0.788 bits per heavy atom. The number of carboxylic acids is 1. The van der Waals surface area contributed by atoms with Crippen LogP contribution in [0.25, 0.3) is 0 Å². The van der Waals surface area contributed by atoms with E-state index in [0.29, 0.717) is 19.3 Å². The average molecular weight is 472 g/mol. The summed E-state index contributed by atoms with van der Waals surface area (Å²) < 4.78 is 0. The van der Waals surface area contributed by atoms with E-state index in [1.807, 2.05) is 34.6 Å². The topological polar surface area (TPSA) is 194 Å². The van der Waals surface area contributed by atoms with Gasteiger partial charge in [-0.1, -0.05) is 48.0 Å². The molecule has 11 nitrogen and oxygen atoms in total. The Morgan fingerprint density at radius 3 is 1.73 bits per heavy atom. The third kappa shape index (κ3) is 11.7. The Kier molecular flexibility index (Phi) is 13.3. The monoisotopic (exact) mass is 471 g/mol. The molecule has 0 aromatic heterocycles. The number of aliphatic carboxylic acids is 1. The van der Waals surface area contributed by atoms with Gasteiger partial charge in [-0.3, -0.25) is 19.2 Å². The van der Waals surface area contributed by atoms with Crippen LogP contribution in [0.4, 0.5) is 0 Å². The number of carbonyl (C=O) groups is 5. The molecule has 0 aliphatic carbocycles. The van der Waals surface area contributed by atoms with Gasteiger partial charge in [-0.2, -0.15) is 0 Å². The first-order valence-corrected chi connectivity index (χ1v) is 11.4. The number of rotatable bonds is 15. The minimum Gasteiger partial charge on any atom is -0.480 e. The minimum atomic E-state index is -1.52. The molecule has 8 N–H and O–H groups in total. The summed E-state index contributed by atoms with van der Waals surface area (Å²) in [5.41, 5.74) is 11.0. The van der Waals surface area contributed by atoms with E-state index in [2.05, 4.69) is 16.0 Å². The highest BCUT2D eigenvalue weighted by Gasteiger charge is 2.33. The lowest BCUT2D eigenvalue weighted by atomic mass is 9.96. The number of nitrogens with one attached hydrogen (secondary N) is 3. The van der Waals surface area contributed by atoms with Crippen molar-refractivity contribution in [3.63, 3.8) is 0 Å². The maximum absolute atomic E-state index is 13.1. The fourth-order valence-electron chi connectivity index (χ4n) is 3.22. The molecular formula is C22H41N5O6. The van der Waals surface area contributed by atoms with Crippen molar-refractivity contribution < 1.29 is 29.1 Å². The van der Waals surface area contributed by atoms with Gasteiger partial charge >= 0.3 is 5.97 Å². The molecule has 0 rings (SSSR count). The van der Waals surface area contributed by atoms with Crippen LogP contribution in [0.2, 0.25) is 0 Å². The number of hydrogen-bond acceptors (Lipinski definition) is 6. The SMILES string of the molecule is CCC(C)C(NC(=O)C(CC(C)C)NC(=O)C(N)CC(C)C)C(=O)NC(CC(N)=O)C(=O)O. The van der Waals surface area contributed by atoms with Gasteiger partial charge in [0.2, 0.25) is 23.6 Å². The van der Waals surface area contributed by atoms with Crippen molar-refractivity contribution in [1.82, 2.24) is 16.0 Å². The molecule has 0 spiro atoms. The standard InChI is InChI=1S/C22H41N5O6/c1-7-13(6)18(21(31)26-16(22(32)33)10-17(24)28)27-20(30)15(9-12(4)5)25-19(29)14(23)8-11(2)3/h11-16,18H,7-10,23H2,1-6H3,(H2,24,28)(H,25,29)(H,26,31)(H,27,30)(H,32,33). The first kappa shape index (κ1) is 30.3. The van der Waals surface area contributed by atoms with Gasteiger partial charge in [-0.05, 0) is 30.6 Å². The summed E-state index contributed by atoms with van der Waals surface area (Å²) in [7, 11) is 0. The van der Waals surface area contributed by atoms with Gasteiger partial charge in [0, 0.05) is 0 Å². The van der Waals surface area contributed by atoms with Crippen molar-refractivity contribution in [3.05, 3.63) is 0 Å². The number of carboxylic acid groups (broad SMARTS) is 1. The molecule has 190 valence electrons. The molecule has 0 saturated carbocycles. The lowest BCUT2D eigenvalue weighted by molar-refractivity contribution is -0.144. The summed E-state index contributed by atoms with van der Waals surface area (Å²) in [6.07, 6.45) is 0.699. The summed E-state index contributed by atoms with van der Waals surface area (Å²) in [6.45, 7) is 11.2. The third-order valence-electron chi connectivity index (χ3n) is 5.22. The molecule has 5 atom stereocenters. The predicted molar refractivity (Wildman–Crippen MR) is 124 cm³/mol. The van der Waals surface area contributed by atoms with Gasteiger partial charge in [0.25, 0.3) is 0 Å². The average Bonchev–Trinajstić information content (AvgIpc) is 2.68. The lowest BCUT2D eigenvalue weighted by Crippen LogP contribution is -2.59. The second-order valence-corrected chi connectivity index (χ2v) is 9.37. The zero-order valence-corrected chi connectivity index (χ0v) is 20.5. The highest BCUT2D eigenvalue weighted by molar-refractivity contribution is 5.95. The Bertz CT molecular complexity index is 697. The zero-order chi connectivity index (χ0) is 25.9. The molecule has 0 heterocycles. The summed E-state index contributed by atoms with van der Waals surface area (Å²) >= 11 is 0. The first-order chi connectivity index (χ1) is 15.2. The molecule has 0 fully saturated rings. The van der Waals surface area contributed by atoms with E-state index in [4.69, 9.17) is 11.5 Å². The van der Waals surface area contributed by atoms with E-state index in [1.165, 1.54) is 0 Å². The number of carbonyl (C=O) groups excluding carboxylic acids is 4. The molecule has 0 bridgehead atoms. The van der Waals surface area contributed by atoms with Gasteiger partial charge in [0.05, 0.1) is 12.5 Å². The Morgan fingerprint density at radius 2 is 1.30 bits per heavy atom. The third-order valence-corrected chi connectivity index (χ3v) is 5.22. The smallest absolute Gasteiger partial charge is 0.326 e. The van der Waals surface area contributed by atoms with Crippen LogP contribution in [0.5, 0.6) is 0 Å². The van der Waals surface area contributed by atoms with Gasteiger partial charge in [0.15, 0.2) is 0 Å². The minimum absolute atomic E-state index is 0.0604. The Labute approximate surface area is 195 Å². The Balaban J connectivity index is 5.57. The van der Waals surface area contributed by atoms with Gasteiger partial charge in [0.1, 0.15) is 18.1 Å². The molecule has 0 aromatic rings. The molecule has 0 aliphatic rings. The lowest BCUT2D eigenvalue weighted by Gasteiger charge is -2.28. The van der Waals surface area contributed by atoms with E-state index in [-0.39, 0.29) is 17.8 Å². The fraction of sp³-hybridized carbons (Fsp3) is 0.773. The quantitative estimate of drug-likeness (QED) is 0.191. The van der Waals surface area contributed by atoms with Gasteiger partial charge in [-0.25, -0.2) is 4.79 Å². The second-order valence-electron chi connectivity index (χ2n) is 9.37. The van der Waals surface area contributed by atoms with E-state index < -0.39 is 60.2 Å². The van der Waals surface area contributed by atoms with Crippen molar-refractivity contribution in [3.8, 4) is 0 Å². The summed E-state index contributed by atoms with van der Waals surface area (Å²) in [4.78, 5) is 60.9. The van der Waals surface area contributed by atoms with Crippen LogP contribution < -0.4 is 27.4 Å². The largest absolute Gasteiger partial charge is 0.480 e. The van der Waals surface area contributed by atoms with Crippen LogP contribution in [0.1, 0.15) is 67.2 Å². The van der Waals surface area contributed by atoms with E-state index >= 15 is 0 Å². The molecule has 4 amide bonds.